The van der Waals surface area contributed by atoms with Gasteiger partial charge in [-0.25, -0.2) is 0 Å². The zero-order valence-corrected chi connectivity index (χ0v) is 22.4. The Labute approximate surface area is 214 Å². The minimum Gasteiger partial charge on any atom is -0.550 e. The normalized spacial score (nSPS) is 11.1. The van der Waals surface area contributed by atoms with E-state index in [1.54, 1.807) is 0 Å². The molecule has 0 aromatic carbocycles. The van der Waals surface area contributed by atoms with Gasteiger partial charge >= 0.3 is 18.9 Å². The van der Waals surface area contributed by atoms with Gasteiger partial charge in [0.15, 0.2) is 0 Å². The molecule has 0 aliphatic carbocycles. The molecule has 0 aromatic heterocycles. The van der Waals surface area contributed by atoms with Crippen LogP contribution in [0.1, 0.15) is 155 Å². The summed E-state index contributed by atoms with van der Waals surface area (Å²) >= 11 is 0. The van der Waals surface area contributed by atoms with Crippen molar-refractivity contribution in [1.29, 1.82) is 0 Å². The summed E-state index contributed by atoms with van der Waals surface area (Å²) in [5.41, 5.74) is 0. The van der Waals surface area contributed by atoms with Crippen molar-refractivity contribution < 1.29 is 28.8 Å². The fourth-order valence-corrected chi connectivity index (χ4v) is 4.43. The quantitative estimate of drug-likeness (QED) is 0.144. The van der Waals surface area contributed by atoms with Crippen molar-refractivity contribution in [3.63, 3.8) is 0 Å². The minimum atomic E-state index is -0.905. The van der Waals surface area contributed by atoms with Gasteiger partial charge in [-0.2, -0.15) is 0 Å². The van der Waals surface area contributed by atoms with Crippen LogP contribution in [0.25, 0.3) is 0 Å². The summed E-state index contributed by atoms with van der Waals surface area (Å²) in [5.74, 6) is -0.905. The maximum atomic E-state index is 10.7. The van der Waals surface area contributed by atoms with E-state index in [1.165, 1.54) is 128 Å². The molecule has 0 unspecified atom stereocenters. The molecule has 0 rings (SSSR count). The van der Waals surface area contributed by atoms with Crippen LogP contribution in [0.4, 0.5) is 0 Å². The van der Waals surface area contributed by atoms with E-state index < -0.39 is 5.97 Å². The molecule has 0 saturated carbocycles. The van der Waals surface area contributed by atoms with Gasteiger partial charge in [-0.1, -0.05) is 129 Å². The van der Waals surface area contributed by atoms with Gasteiger partial charge < -0.3 is 14.8 Å². The topological polar surface area (TPSA) is 43.4 Å². The van der Waals surface area contributed by atoms with E-state index in [4.69, 9.17) is 0 Å². The van der Waals surface area contributed by atoms with E-state index in [0.717, 1.165) is 26.1 Å². The Kier molecular flexibility index (Phi) is 31.1. The van der Waals surface area contributed by atoms with Crippen LogP contribution < -0.4 is 24.0 Å². The average Bonchev–Trinajstić information content (AvgIpc) is 2.75. The zero-order chi connectivity index (χ0) is 22.8. The van der Waals surface area contributed by atoms with Crippen LogP contribution in [-0.4, -0.2) is 30.5 Å². The van der Waals surface area contributed by atoms with Crippen molar-refractivity contribution in [1.82, 2.24) is 4.90 Å². The molecule has 0 heterocycles. The minimum absolute atomic E-state index is 0. The molecular weight excluding hydrogens is 389 g/mol. The van der Waals surface area contributed by atoms with E-state index >= 15 is 0 Å². The van der Waals surface area contributed by atoms with Crippen molar-refractivity contribution in [3.8, 4) is 0 Å². The molecule has 0 amide bonds. The Morgan fingerprint density at radius 2 is 0.781 bits per heavy atom. The summed E-state index contributed by atoms with van der Waals surface area (Å²) in [6.45, 7) is 7.75. The third-order valence-corrected chi connectivity index (χ3v) is 6.51. The summed E-state index contributed by atoms with van der Waals surface area (Å²) in [7, 11) is 0. The van der Waals surface area contributed by atoms with Crippen LogP contribution in [0.5, 0.6) is 0 Å². The molecule has 3 nitrogen and oxygen atoms in total. The molecule has 0 bridgehead atoms. The second-order valence-electron chi connectivity index (χ2n) is 9.68. The molecule has 32 heavy (non-hydrogen) atoms. The number of rotatable bonds is 26. The SMILES string of the molecule is CCCCCCCCCCCCN(CCCCCCCCCCCC)CCCC(=O)[O-].[Li+]. The maximum absolute atomic E-state index is 10.7. The molecule has 0 aromatic rings. The van der Waals surface area contributed by atoms with Crippen LogP contribution in [0.15, 0.2) is 0 Å². The first-order chi connectivity index (χ1) is 15.2. The van der Waals surface area contributed by atoms with Gasteiger partial charge in [0.2, 0.25) is 0 Å². The van der Waals surface area contributed by atoms with Crippen LogP contribution >= 0.6 is 0 Å². The van der Waals surface area contributed by atoms with Crippen molar-refractivity contribution in [3.05, 3.63) is 0 Å². The van der Waals surface area contributed by atoms with Gasteiger partial charge in [0.25, 0.3) is 0 Å². The van der Waals surface area contributed by atoms with Gasteiger partial charge in [-0.3, -0.25) is 0 Å². The standard InChI is InChI=1S/C28H57NO2.Li/c1-3-5-7-9-11-13-15-17-19-21-25-29(27-23-24-28(30)31)26-22-20-18-16-14-12-10-8-6-4-2;/h3-27H2,1-2H3,(H,30,31);/q;+1/p-1. The number of unbranched alkanes of at least 4 members (excludes halogenated alkanes) is 18. The Hall–Kier alpha value is 0.0274. The first kappa shape index (κ1) is 34.2. The number of hydrogen-bond donors (Lipinski definition) is 0. The first-order valence-corrected chi connectivity index (χ1v) is 14.1. The summed E-state index contributed by atoms with van der Waals surface area (Å²) < 4.78 is 0. The molecule has 0 fully saturated rings. The number of nitrogens with zero attached hydrogens (tertiary/aromatic N) is 1. The third kappa shape index (κ3) is 28.1. The molecule has 0 spiro atoms. The number of carboxylic acid groups (broad SMARTS) is 1. The van der Waals surface area contributed by atoms with Crippen LogP contribution in [0.2, 0.25) is 0 Å². The predicted octanol–water partition coefficient (Wildman–Crippen LogP) is 4.66. The number of aliphatic carboxylic acids is 1. The Morgan fingerprint density at radius 3 is 1.09 bits per heavy atom. The largest absolute Gasteiger partial charge is 1.00 e. The number of carbonyl (C=O) groups is 1. The molecule has 4 heteroatoms. The van der Waals surface area contributed by atoms with E-state index in [-0.39, 0.29) is 25.3 Å². The van der Waals surface area contributed by atoms with Gasteiger partial charge in [0.1, 0.15) is 0 Å². The number of carbonyl (C=O) groups excluding carboxylic acids is 1. The fourth-order valence-electron chi connectivity index (χ4n) is 4.43. The number of carboxylic acids is 1. The van der Waals surface area contributed by atoms with Crippen LogP contribution in [0.3, 0.4) is 0 Å². The molecular formula is C28H56LiNO2. The second kappa shape index (κ2) is 29.1. The zero-order valence-electron chi connectivity index (χ0n) is 22.4. The van der Waals surface area contributed by atoms with Crippen molar-refractivity contribution in [2.75, 3.05) is 19.6 Å². The predicted molar refractivity (Wildman–Crippen MR) is 134 cm³/mol. The Bertz CT molecular complexity index is 341. The summed E-state index contributed by atoms with van der Waals surface area (Å²) in [6, 6.07) is 0. The number of hydrogen-bond acceptors (Lipinski definition) is 3. The third-order valence-electron chi connectivity index (χ3n) is 6.51. The Balaban J connectivity index is 0. The maximum Gasteiger partial charge on any atom is 1.00 e. The second-order valence-corrected chi connectivity index (χ2v) is 9.68. The molecule has 0 radical (unpaired) electrons. The average molecular weight is 446 g/mol. The molecule has 0 N–H and O–H groups in total. The molecule has 0 aliphatic heterocycles. The van der Waals surface area contributed by atoms with E-state index in [2.05, 4.69) is 18.7 Å². The molecule has 0 atom stereocenters. The van der Waals surface area contributed by atoms with Gasteiger partial charge in [-0.15, -0.1) is 0 Å². The molecule has 186 valence electrons. The summed E-state index contributed by atoms with van der Waals surface area (Å²) in [5, 5.41) is 10.7. The van der Waals surface area contributed by atoms with Gasteiger partial charge in [-0.05, 0) is 45.3 Å². The molecule has 0 aliphatic rings. The van der Waals surface area contributed by atoms with Crippen molar-refractivity contribution in [2.24, 2.45) is 0 Å². The van der Waals surface area contributed by atoms with Crippen molar-refractivity contribution in [2.45, 2.75) is 155 Å². The van der Waals surface area contributed by atoms with Gasteiger partial charge in [0.05, 0.1) is 0 Å². The van der Waals surface area contributed by atoms with Crippen LogP contribution in [-0.2, 0) is 4.79 Å². The summed E-state index contributed by atoms with van der Waals surface area (Å²) in [4.78, 5) is 13.3. The molecule has 0 saturated heterocycles. The van der Waals surface area contributed by atoms with Gasteiger partial charge in [0, 0.05) is 5.97 Å². The van der Waals surface area contributed by atoms with Crippen molar-refractivity contribution >= 4 is 5.97 Å². The van der Waals surface area contributed by atoms with E-state index in [9.17, 15) is 9.90 Å². The first-order valence-electron chi connectivity index (χ1n) is 14.1. The van der Waals surface area contributed by atoms with E-state index in [1.807, 2.05) is 0 Å². The smallest absolute Gasteiger partial charge is 0.550 e. The Morgan fingerprint density at radius 1 is 0.500 bits per heavy atom. The fraction of sp³-hybridized carbons (Fsp3) is 0.964. The van der Waals surface area contributed by atoms with Crippen LogP contribution in [0, 0.1) is 0 Å². The monoisotopic (exact) mass is 445 g/mol. The van der Waals surface area contributed by atoms with E-state index in [0.29, 0.717) is 0 Å². The summed E-state index contributed by atoms with van der Waals surface area (Å²) in [6.07, 6.45) is 28.3.